The van der Waals surface area contributed by atoms with Crippen molar-refractivity contribution in [3.05, 3.63) is 23.9 Å². The lowest BCUT2D eigenvalue weighted by atomic mass is 10.1. The molecule has 0 radical (unpaired) electrons. The topological polar surface area (TPSA) is 62.3 Å². The summed E-state index contributed by atoms with van der Waals surface area (Å²) in [4.78, 5) is 29.9. The fraction of sp³-hybridized carbons (Fsp3) is 0.533. The number of carbonyl (C=O) groups excluding carboxylic acids is 2. The summed E-state index contributed by atoms with van der Waals surface area (Å²) in [6.07, 6.45) is 4.01. The van der Waals surface area contributed by atoms with Crippen LogP contribution in [0.15, 0.2) is 18.3 Å². The highest BCUT2D eigenvalue weighted by molar-refractivity contribution is 5.96. The van der Waals surface area contributed by atoms with Gasteiger partial charge in [-0.05, 0) is 31.0 Å². The molecule has 108 valence electrons. The summed E-state index contributed by atoms with van der Waals surface area (Å²) in [7, 11) is 0. The Balaban J connectivity index is 1.92. The Morgan fingerprint density at radius 1 is 1.55 bits per heavy atom. The van der Waals surface area contributed by atoms with Crippen LogP contribution in [0.2, 0.25) is 0 Å². The van der Waals surface area contributed by atoms with E-state index in [4.69, 9.17) is 0 Å². The van der Waals surface area contributed by atoms with Crippen molar-refractivity contribution < 1.29 is 9.59 Å². The largest absolute Gasteiger partial charge is 0.342 e. The molecule has 0 saturated carbocycles. The van der Waals surface area contributed by atoms with E-state index in [0.29, 0.717) is 18.8 Å². The summed E-state index contributed by atoms with van der Waals surface area (Å²) in [5.41, 5.74) is 1.04. The second-order valence-electron chi connectivity index (χ2n) is 5.30. The lowest BCUT2D eigenvalue weighted by Crippen LogP contribution is -2.29. The van der Waals surface area contributed by atoms with Gasteiger partial charge in [0.05, 0.1) is 5.92 Å². The highest BCUT2D eigenvalue weighted by Gasteiger charge is 2.33. The Labute approximate surface area is 119 Å². The van der Waals surface area contributed by atoms with Gasteiger partial charge < -0.3 is 10.2 Å². The number of anilines is 1. The number of nitrogens with zero attached hydrogens (tertiary/aromatic N) is 2. The van der Waals surface area contributed by atoms with E-state index < -0.39 is 0 Å². The summed E-state index contributed by atoms with van der Waals surface area (Å²) >= 11 is 0. The zero-order valence-corrected chi connectivity index (χ0v) is 12.1. The third-order valence-electron chi connectivity index (χ3n) is 3.53. The molecule has 1 aliphatic heterocycles. The second-order valence-corrected chi connectivity index (χ2v) is 5.30. The minimum absolute atomic E-state index is 0.0794. The Bertz CT molecular complexity index is 502. The van der Waals surface area contributed by atoms with Crippen molar-refractivity contribution in [1.82, 2.24) is 9.88 Å². The highest BCUT2D eigenvalue weighted by atomic mass is 16.2. The van der Waals surface area contributed by atoms with E-state index in [0.717, 1.165) is 24.9 Å². The molecule has 1 N–H and O–H groups in total. The number of unbranched alkanes of at least 4 members (excludes halogenated alkanes) is 1. The van der Waals surface area contributed by atoms with E-state index in [-0.39, 0.29) is 17.7 Å². The van der Waals surface area contributed by atoms with Crippen LogP contribution >= 0.6 is 0 Å². The maximum absolute atomic E-state index is 12.2. The second kappa shape index (κ2) is 6.50. The van der Waals surface area contributed by atoms with Crippen molar-refractivity contribution in [2.45, 2.75) is 33.1 Å². The van der Waals surface area contributed by atoms with E-state index in [2.05, 4.69) is 17.2 Å². The molecular formula is C15H21N3O2. The van der Waals surface area contributed by atoms with E-state index in [1.807, 2.05) is 19.1 Å². The molecule has 2 amide bonds. The molecular weight excluding hydrogens is 254 g/mol. The summed E-state index contributed by atoms with van der Waals surface area (Å²) in [6, 6.07) is 3.70. The molecule has 1 fully saturated rings. The number of rotatable bonds is 5. The van der Waals surface area contributed by atoms with Gasteiger partial charge in [0.15, 0.2) is 0 Å². The standard InChI is InChI=1S/C15H21N3O2/c1-3-4-7-18-10-12(9-14(18)19)15(20)17-13-8-11(2)5-6-16-13/h5-6,8,12H,3-4,7,9-10H2,1-2H3,(H,16,17,20). The third kappa shape index (κ3) is 3.56. The van der Waals surface area contributed by atoms with Gasteiger partial charge in [-0.25, -0.2) is 4.98 Å². The normalized spacial score (nSPS) is 18.4. The van der Waals surface area contributed by atoms with E-state index in [1.165, 1.54) is 0 Å². The van der Waals surface area contributed by atoms with Crippen molar-refractivity contribution in [1.29, 1.82) is 0 Å². The van der Waals surface area contributed by atoms with Crippen LogP contribution < -0.4 is 5.32 Å². The van der Waals surface area contributed by atoms with Gasteiger partial charge in [-0.15, -0.1) is 0 Å². The molecule has 20 heavy (non-hydrogen) atoms. The molecule has 5 heteroatoms. The van der Waals surface area contributed by atoms with Crippen LogP contribution in [-0.2, 0) is 9.59 Å². The average molecular weight is 275 g/mol. The maximum atomic E-state index is 12.2. The van der Waals surface area contributed by atoms with E-state index in [9.17, 15) is 9.59 Å². The number of likely N-dealkylation sites (tertiary alicyclic amines) is 1. The number of nitrogens with one attached hydrogen (secondary N) is 1. The molecule has 1 saturated heterocycles. The van der Waals surface area contributed by atoms with Gasteiger partial charge in [-0.1, -0.05) is 13.3 Å². The fourth-order valence-electron chi connectivity index (χ4n) is 2.35. The number of carbonyl (C=O) groups is 2. The summed E-state index contributed by atoms with van der Waals surface area (Å²) < 4.78 is 0. The number of pyridine rings is 1. The Morgan fingerprint density at radius 3 is 3.05 bits per heavy atom. The first-order chi connectivity index (χ1) is 9.60. The van der Waals surface area contributed by atoms with Gasteiger partial charge in [-0.3, -0.25) is 9.59 Å². The van der Waals surface area contributed by atoms with Crippen LogP contribution in [0.5, 0.6) is 0 Å². The van der Waals surface area contributed by atoms with Crippen LogP contribution in [0.25, 0.3) is 0 Å². The monoisotopic (exact) mass is 275 g/mol. The molecule has 5 nitrogen and oxygen atoms in total. The third-order valence-corrected chi connectivity index (χ3v) is 3.53. The number of aryl methyl sites for hydroxylation is 1. The molecule has 2 heterocycles. The molecule has 1 unspecified atom stereocenters. The maximum Gasteiger partial charge on any atom is 0.230 e. The van der Waals surface area contributed by atoms with Crippen LogP contribution in [-0.4, -0.2) is 34.8 Å². The van der Waals surface area contributed by atoms with Crippen LogP contribution in [0.1, 0.15) is 31.7 Å². The van der Waals surface area contributed by atoms with Crippen molar-refractivity contribution in [2.24, 2.45) is 5.92 Å². The first-order valence-corrected chi connectivity index (χ1v) is 7.11. The minimum Gasteiger partial charge on any atom is -0.342 e. The van der Waals surface area contributed by atoms with Gasteiger partial charge >= 0.3 is 0 Å². The van der Waals surface area contributed by atoms with Crippen molar-refractivity contribution in [3.8, 4) is 0 Å². The SMILES string of the molecule is CCCCN1CC(C(=O)Nc2cc(C)ccn2)CC1=O. The van der Waals surface area contributed by atoms with E-state index in [1.54, 1.807) is 11.1 Å². The molecule has 0 spiro atoms. The molecule has 0 aliphatic carbocycles. The Morgan fingerprint density at radius 2 is 2.35 bits per heavy atom. The minimum atomic E-state index is -0.262. The van der Waals surface area contributed by atoms with Crippen LogP contribution in [0, 0.1) is 12.8 Å². The smallest absolute Gasteiger partial charge is 0.230 e. The molecule has 0 bridgehead atoms. The number of aromatic nitrogens is 1. The number of hydrogen-bond acceptors (Lipinski definition) is 3. The van der Waals surface area contributed by atoms with Crippen LogP contribution in [0.3, 0.4) is 0 Å². The zero-order chi connectivity index (χ0) is 14.5. The predicted molar refractivity (Wildman–Crippen MR) is 77.2 cm³/mol. The Kier molecular flexibility index (Phi) is 4.71. The predicted octanol–water partition coefficient (Wildman–Crippen LogP) is 1.98. The molecule has 1 aromatic rings. The Hall–Kier alpha value is -1.91. The molecule has 0 aromatic carbocycles. The quantitative estimate of drug-likeness (QED) is 0.893. The van der Waals surface area contributed by atoms with Gasteiger partial charge in [-0.2, -0.15) is 0 Å². The molecule has 1 atom stereocenters. The van der Waals surface area contributed by atoms with Gasteiger partial charge in [0.1, 0.15) is 5.82 Å². The summed E-state index contributed by atoms with van der Waals surface area (Å²) in [6.45, 7) is 5.31. The van der Waals surface area contributed by atoms with Gasteiger partial charge in [0.25, 0.3) is 0 Å². The van der Waals surface area contributed by atoms with Crippen LogP contribution in [0.4, 0.5) is 5.82 Å². The lowest BCUT2D eigenvalue weighted by molar-refractivity contribution is -0.128. The van der Waals surface area contributed by atoms with Gasteiger partial charge in [0, 0.05) is 25.7 Å². The molecule has 1 aliphatic rings. The summed E-state index contributed by atoms with van der Waals surface area (Å²) in [5, 5.41) is 2.79. The molecule has 1 aromatic heterocycles. The first kappa shape index (κ1) is 14.5. The molecule has 2 rings (SSSR count). The van der Waals surface area contributed by atoms with Gasteiger partial charge in [0.2, 0.25) is 11.8 Å². The highest BCUT2D eigenvalue weighted by Crippen LogP contribution is 2.20. The first-order valence-electron chi connectivity index (χ1n) is 7.11. The average Bonchev–Trinajstić information content (AvgIpc) is 2.78. The van der Waals surface area contributed by atoms with Crippen molar-refractivity contribution in [3.63, 3.8) is 0 Å². The fourth-order valence-corrected chi connectivity index (χ4v) is 2.35. The number of hydrogen-bond donors (Lipinski definition) is 1. The van der Waals surface area contributed by atoms with E-state index >= 15 is 0 Å². The zero-order valence-electron chi connectivity index (χ0n) is 12.1. The number of amides is 2. The van der Waals surface area contributed by atoms with Crippen molar-refractivity contribution in [2.75, 3.05) is 18.4 Å². The summed E-state index contributed by atoms with van der Waals surface area (Å²) in [5.74, 6) is 0.252. The lowest BCUT2D eigenvalue weighted by Gasteiger charge is -2.15. The van der Waals surface area contributed by atoms with Crippen molar-refractivity contribution >= 4 is 17.6 Å².